The molecule has 0 fully saturated rings. The standard InChI is InChI=1S/C8H7ClN2O/c1-2-7(12)11-8-6(9)4-3-5-10-8/h2-5H,1H2,(H,10,11,12). The summed E-state index contributed by atoms with van der Waals surface area (Å²) < 4.78 is 0. The highest BCUT2D eigenvalue weighted by Gasteiger charge is 2.01. The van der Waals surface area contributed by atoms with Crippen LogP contribution in [0.1, 0.15) is 0 Å². The van der Waals surface area contributed by atoms with E-state index < -0.39 is 0 Å². The molecule has 0 radical (unpaired) electrons. The van der Waals surface area contributed by atoms with E-state index in [-0.39, 0.29) is 5.91 Å². The third-order valence-electron chi connectivity index (χ3n) is 1.19. The van der Waals surface area contributed by atoms with E-state index in [9.17, 15) is 4.79 Å². The maximum absolute atomic E-state index is 10.8. The largest absolute Gasteiger partial charge is 0.306 e. The first-order valence-electron chi connectivity index (χ1n) is 3.28. The van der Waals surface area contributed by atoms with Crippen molar-refractivity contribution in [3.63, 3.8) is 0 Å². The van der Waals surface area contributed by atoms with Gasteiger partial charge in [0.05, 0.1) is 5.02 Å². The van der Waals surface area contributed by atoms with Crippen LogP contribution in [0.5, 0.6) is 0 Å². The second kappa shape index (κ2) is 3.88. The van der Waals surface area contributed by atoms with Crippen LogP contribution in [-0.4, -0.2) is 10.9 Å². The molecule has 0 unspecified atom stereocenters. The zero-order valence-electron chi connectivity index (χ0n) is 6.25. The van der Waals surface area contributed by atoms with Gasteiger partial charge in [0.1, 0.15) is 0 Å². The van der Waals surface area contributed by atoms with Crippen molar-refractivity contribution in [1.29, 1.82) is 0 Å². The molecule has 0 aromatic carbocycles. The van der Waals surface area contributed by atoms with Crippen LogP contribution in [-0.2, 0) is 4.79 Å². The molecule has 0 saturated carbocycles. The number of pyridine rings is 1. The van der Waals surface area contributed by atoms with Gasteiger partial charge in [-0.1, -0.05) is 18.2 Å². The van der Waals surface area contributed by atoms with Gasteiger partial charge in [-0.2, -0.15) is 0 Å². The third-order valence-corrected chi connectivity index (χ3v) is 1.49. The van der Waals surface area contributed by atoms with Crippen molar-refractivity contribution in [2.45, 2.75) is 0 Å². The normalized spacial score (nSPS) is 9.08. The highest BCUT2D eigenvalue weighted by molar-refractivity contribution is 6.33. The molecule has 1 amide bonds. The first-order valence-corrected chi connectivity index (χ1v) is 3.66. The Morgan fingerprint density at radius 1 is 1.75 bits per heavy atom. The van der Waals surface area contributed by atoms with Crippen LogP contribution < -0.4 is 5.32 Å². The Hall–Kier alpha value is -1.35. The summed E-state index contributed by atoms with van der Waals surface area (Å²) in [4.78, 5) is 14.7. The van der Waals surface area contributed by atoms with Gasteiger partial charge in [0.2, 0.25) is 5.91 Å². The minimum Gasteiger partial charge on any atom is -0.306 e. The van der Waals surface area contributed by atoms with E-state index in [0.717, 1.165) is 6.08 Å². The molecule has 4 heteroatoms. The van der Waals surface area contributed by atoms with E-state index in [0.29, 0.717) is 10.8 Å². The average Bonchev–Trinajstić information content (AvgIpc) is 2.09. The lowest BCUT2D eigenvalue weighted by atomic mass is 10.4. The van der Waals surface area contributed by atoms with Crippen molar-refractivity contribution in [2.75, 3.05) is 5.32 Å². The smallest absolute Gasteiger partial charge is 0.248 e. The van der Waals surface area contributed by atoms with E-state index in [1.807, 2.05) is 0 Å². The fourth-order valence-corrected chi connectivity index (χ4v) is 0.814. The Balaban J connectivity index is 2.82. The molecule has 0 bridgehead atoms. The van der Waals surface area contributed by atoms with Crippen LogP contribution in [0.4, 0.5) is 5.82 Å². The van der Waals surface area contributed by atoms with Crippen molar-refractivity contribution in [2.24, 2.45) is 0 Å². The van der Waals surface area contributed by atoms with Crippen molar-refractivity contribution in [1.82, 2.24) is 4.98 Å². The van der Waals surface area contributed by atoms with Gasteiger partial charge in [0, 0.05) is 6.20 Å². The lowest BCUT2D eigenvalue weighted by Crippen LogP contribution is -2.08. The number of amides is 1. The topological polar surface area (TPSA) is 42.0 Å². The number of nitrogens with one attached hydrogen (secondary N) is 1. The summed E-state index contributed by atoms with van der Waals surface area (Å²) in [6.45, 7) is 3.30. The molecule has 1 aromatic rings. The van der Waals surface area contributed by atoms with Crippen molar-refractivity contribution < 1.29 is 4.79 Å². The number of halogens is 1. The van der Waals surface area contributed by atoms with Gasteiger partial charge < -0.3 is 5.32 Å². The monoisotopic (exact) mass is 182 g/mol. The number of carbonyl (C=O) groups excluding carboxylic acids is 1. The van der Waals surface area contributed by atoms with Gasteiger partial charge in [0.25, 0.3) is 0 Å². The molecule has 1 rings (SSSR count). The first-order chi connectivity index (χ1) is 5.74. The Bertz CT molecular complexity index is 312. The Kier molecular flexibility index (Phi) is 2.82. The first kappa shape index (κ1) is 8.74. The van der Waals surface area contributed by atoms with Crippen LogP contribution in [0.25, 0.3) is 0 Å². The van der Waals surface area contributed by atoms with Crippen molar-refractivity contribution >= 4 is 23.3 Å². The van der Waals surface area contributed by atoms with Gasteiger partial charge in [-0.15, -0.1) is 0 Å². The predicted molar refractivity (Wildman–Crippen MR) is 48.1 cm³/mol. The molecule has 0 spiro atoms. The second-order valence-electron chi connectivity index (χ2n) is 2.03. The summed E-state index contributed by atoms with van der Waals surface area (Å²) in [7, 11) is 0. The summed E-state index contributed by atoms with van der Waals surface area (Å²) in [6, 6.07) is 3.33. The summed E-state index contributed by atoms with van der Waals surface area (Å²) in [5.41, 5.74) is 0. The number of aromatic nitrogens is 1. The van der Waals surface area contributed by atoms with E-state index in [2.05, 4.69) is 16.9 Å². The SMILES string of the molecule is C=CC(=O)Nc1ncccc1Cl. The molecule has 62 valence electrons. The van der Waals surface area contributed by atoms with Crippen molar-refractivity contribution in [3.8, 4) is 0 Å². The minimum absolute atomic E-state index is 0.324. The average molecular weight is 183 g/mol. The number of carbonyl (C=O) groups is 1. The van der Waals surface area contributed by atoms with E-state index in [1.54, 1.807) is 18.3 Å². The summed E-state index contributed by atoms with van der Waals surface area (Å²) in [5, 5.41) is 2.87. The number of hydrogen-bond acceptors (Lipinski definition) is 2. The molecule has 0 aliphatic heterocycles. The van der Waals surface area contributed by atoms with Gasteiger partial charge in [-0.25, -0.2) is 4.98 Å². The van der Waals surface area contributed by atoms with E-state index in [4.69, 9.17) is 11.6 Å². The molecule has 0 aliphatic carbocycles. The van der Waals surface area contributed by atoms with Crippen LogP contribution in [0.3, 0.4) is 0 Å². The maximum atomic E-state index is 10.8. The molecular weight excluding hydrogens is 176 g/mol. The number of hydrogen-bond donors (Lipinski definition) is 1. The number of nitrogens with zero attached hydrogens (tertiary/aromatic N) is 1. The number of anilines is 1. The van der Waals surface area contributed by atoms with Crippen LogP contribution >= 0.6 is 11.6 Å². The summed E-state index contributed by atoms with van der Waals surface area (Å²) >= 11 is 5.71. The van der Waals surface area contributed by atoms with E-state index >= 15 is 0 Å². The summed E-state index contributed by atoms with van der Waals surface area (Å²) in [6.07, 6.45) is 2.70. The minimum atomic E-state index is -0.324. The molecule has 1 heterocycles. The highest BCUT2D eigenvalue weighted by atomic mass is 35.5. The molecule has 1 N–H and O–H groups in total. The second-order valence-corrected chi connectivity index (χ2v) is 2.43. The van der Waals surface area contributed by atoms with Crippen LogP contribution in [0, 0.1) is 0 Å². The Morgan fingerprint density at radius 2 is 2.50 bits per heavy atom. The lowest BCUT2D eigenvalue weighted by molar-refractivity contribution is -0.111. The quantitative estimate of drug-likeness (QED) is 0.710. The van der Waals surface area contributed by atoms with Gasteiger partial charge in [-0.05, 0) is 18.2 Å². The third kappa shape index (κ3) is 2.07. The van der Waals surface area contributed by atoms with Gasteiger partial charge in [0.15, 0.2) is 5.82 Å². The molecule has 0 saturated heterocycles. The van der Waals surface area contributed by atoms with Gasteiger partial charge >= 0.3 is 0 Å². The Labute approximate surface area is 75.1 Å². The van der Waals surface area contributed by atoms with E-state index in [1.165, 1.54) is 0 Å². The molecule has 1 aromatic heterocycles. The molecule has 3 nitrogen and oxygen atoms in total. The zero-order chi connectivity index (χ0) is 8.97. The Morgan fingerprint density at radius 3 is 3.08 bits per heavy atom. The fourth-order valence-electron chi connectivity index (χ4n) is 0.645. The maximum Gasteiger partial charge on any atom is 0.248 e. The summed E-state index contributed by atoms with van der Waals surface area (Å²) in [5.74, 6) is 0.0275. The molecule has 0 atom stereocenters. The van der Waals surface area contributed by atoms with Crippen LogP contribution in [0.15, 0.2) is 31.0 Å². The molecular formula is C8H7ClN2O. The highest BCUT2D eigenvalue weighted by Crippen LogP contribution is 2.16. The molecule has 12 heavy (non-hydrogen) atoms. The zero-order valence-corrected chi connectivity index (χ0v) is 7.01. The number of rotatable bonds is 2. The fraction of sp³-hybridized carbons (Fsp3) is 0. The van der Waals surface area contributed by atoms with Gasteiger partial charge in [-0.3, -0.25) is 4.79 Å². The molecule has 0 aliphatic rings. The predicted octanol–water partition coefficient (Wildman–Crippen LogP) is 1.86. The lowest BCUT2D eigenvalue weighted by Gasteiger charge is -2.01. The van der Waals surface area contributed by atoms with Crippen molar-refractivity contribution in [3.05, 3.63) is 36.0 Å². The van der Waals surface area contributed by atoms with Crippen LogP contribution in [0.2, 0.25) is 5.02 Å².